The van der Waals surface area contributed by atoms with Gasteiger partial charge < -0.3 is 41.5 Å². The summed E-state index contributed by atoms with van der Waals surface area (Å²) in [6.07, 6.45) is -0.874. The van der Waals surface area contributed by atoms with E-state index in [9.17, 15) is 29.4 Å². The maximum Gasteiger partial charge on any atom is 0.280 e. The number of anilines is 3. The first kappa shape index (κ1) is 22.3. The Morgan fingerprint density at radius 3 is 2.56 bits per heavy atom. The number of nitrogens with zero attached hydrogens (tertiary/aromatic N) is 2. The lowest BCUT2D eigenvalue weighted by Gasteiger charge is -2.20. The summed E-state index contributed by atoms with van der Waals surface area (Å²) in [7, 11) is 0. The number of fused-ring (bicyclic) bond motifs is 1. The first-order chi connectivity index (χ1) is 15.2. The average Bonchev–Trinajstić information content (AvgIpc) is 2.75. The lowest BCUT2D eigenvalue weighted by Crippen LogP contribution is -2.48. The van der Waals surface area contributed by atoms with E-state index in [2.05, 4.69) is 30.9 Å². The number of nitrogen functional groups attached to an aromatic ring is 1. The summed E-state index contributed by atoms with van der Waals surface area (Å²) in [5, 5.41) is 29.9. The Bertz CT molecular complexity index is 1130. The smallest absolute Gasteiger partial charge is 0.280 e. The number of nitrogens with two attached hydrogens (primary N) is 1. The molecule has 1 amide bonds. The van der Waals surface area contributed by atoms with Crippen LogP contribution >= 0.6 is 0 Å². The van der Waals surface area contributed by atoms with Crippen molar-refractivity contribution in [2.24, 2.45) is 4.99 Å². The van der Waals surface area contributed by atoms with Gasteiger partial charge in [0.05, 0.1) is 30.8 Å². The predicted octanol–water partition coefficient (Wildman–Crippen LogP) is -2.66. The molecule has 1 aliphatic rings. The zero-order valence-corrected chi connectivity index (χ0v) is 16.6. The van der Waals surface area contributed by atoms with Crippen LogP contribution in [0.25, 0.3) is 0 Å². The van der Waals surface area contributed by atoms with E-state index in [4.69, 9.17) is 5.73 Å². The molecule has 2 aromatic rings. The SMILES string of the molecule is Nc1nc2c(c(=O)[nH]1)N=C(CNc1ccc(C(=O)NC(CCC(=O)[O-])C(=O)[O-])cc1)CN2. The van der Waals surface area contributed by atoms with Crippen molar-refractivity contribution in [3.05, 3.63) is 40.2 Å². The van der Waals surface area contributed by atoms with Crippen molar-refractivity contribution in [1.29, 1.82) is 0 Å². The maximum absolute atomic E-state index is 12.2. The molecule has 0 spiro atoms. The number of aromatic nitrogens is 2. The van der Waals surface area contributed by atoms with Crippen molar-refractivity contribution in [3.8, 4) is 0 Å². The van der Waals surface area contributed by atoms with E-state index in [0.717, 1.165) is 0 Å². The number of carboxylic acids is 2. The average molecular weight is 441 g/mol. The topological polar surface area (TPSA) is 218 Å². The van der Waals surface area contributed by atoms with Crippen LogP contribution in [0.4, 0.5) is 23.1 Å². The molecule has 32 heavy (non-hydrogen) atoms. The Labute approximate surface area is 180 Å². The fraction of sp³-hybridized carbons (Fsp3) is 0.263. The molecule has 0 fully saturated rings. The monoisotopic (exact) mass is 441 g/mol. The normalized spacial score (nSPS) is 13.2. The van der Waals surface area contributed by atoms with Crippen molar-refractivity contribution in [1.82, 2.24) is 15.3 Å². The molecule has 0 bridgehead atoms. The van der Waals surface area contributed by atoms with Crippen LogP contribution in [0, 0.1) is 0 Å². The molecular formula is C19H19N7O6-2. The second-order valence-corrected chi connectivity index (χ2v) is 6.87. The Hall–Kier alpha value is -4.42. The van der Waals surface area contributed by atoms with Crippen molar-refractivity contribution in [2.75, 3.05) is 29.5 Å². The highest BCUT2D eigenvalue weighted by atomic mass is 16.4. The number of amides is 1. The first-order valence-corrected chi connectivity index (χ1v) is 9.48. The zero-order valence-electron chi connectivity index (χ0n) is 16.6. The molecular weight excluding hydrogens is 422 g/mol. The van der Waals surface area contributed by atoms with Gasteiger partial charge in [0.2, 0.25) is 5.95 Å². The molecule has 1 aromatic carbocycles. The number of nitrogens with one attached hydrogen (secondary N) is 4. The van der Waals surface area contributed by atoms with Crippen molar-refractivity contribution >= 4 is 46.7 Å². The lowest BCUT2D eigenvalue weighted by molar-refractivity contribution is -0.309. The number of H-pyrrole nitrogens is 1. The van der Waals surface area contributed by atoms with Gasteiger partial charge in [-0.05, 0) is 37.1 Å². The van der Waals surface area contributed by atoms with Crippen LogP contribution in [0.1, 0.15) is 23.2 Å². The van der Waals surface area contributed by atoms with Gasteiger partial charge in [-0.3, -0.25) is 14.6 Å². The maximum atomic E-state index is 12.2. The Kier molecular flexibility index (Phi) is 6.68. The summed E-state index contributed by atoms with van der Waals surface area (Å²) in [5.74, 6) is -3.40. The van der Waals surface area contributed by atoms with Gasteiger partial charge in [0.1, 0.15) is 0 Å². The van der Waals surface area contributed by atoms with E-state index in [1.165, 1.54) is 12.1 Å². The Balaban J connectivity index is 1.59. The van der Waals surface area contributed by atoms with Crippen LogP contribution in [-0.4, -0.2) is 52.7 Å². The summed E-state index contributed by atoms with van der Waals surface area (Å²) in [4.78, 5) is 56.4. The fourth-order valence-corrected chi connectivity index (χ4v) is 2.89. The van der Waals surface area contributed by atoms with E-state index < -0.39 is 35.9 Å². The third kappa shape index (κ3) is 5.59. The van der Waals surface area contributed by atoms with Gasteiger partial charge in [0.25, 0.3) is 11.5 Å². The number of aliphatic imine (C=N–C) groups is 1. The Morgan fingerprint density at radius 1 is 1.19 bits per heavy atom. The summed E-state index contributed by atoms with van der Waals surface area (Å²) in [6, 6.07) is 4.69. The zero-order chi connectivity index (χ0) is 23.3. The highest BCUT2D eigenvalue weighted by Crippen LogP contribution is 2.21. The van der Waals surface area contributed by atoms with Crippen molar-refractivity contribution in [3.63, 3.8) is 0 Å². The number of carbonyl (C=O) groups excluding carboxylic acids is 3. The number of carboxylic acid groups (broad SMARTS) is 2. The van der Waals surface area contributed by atoms with E-state index in [1.807, 2.05) is 0 Å². The number of rotatable bonds is 9. The minimum atomic E-state index is -1.59. The van der Waals surface area contributed by atoms with Gasteiger partial charge in [-0.2, -0.15) is 4.98 Å². The predicted molar refractivity (Wildman–Crippen MR) is 110 cm³/mol. The van der Waals surface area contributed by atoms with Gasteiger partial charge in [-0.15, -0.1) is 0 Å². The van der Waals surface area contributed by atoms with Crippen molar-refractivity contribution in [2.45, 2.75) is 18.9 Å². The van der Waals surface area contributed by atoms with Crippen LogP contribution in [-0.2, 0) is 9.59 Å². The molecule has 168 valence electrons. The molecule has 0 aliphatic carbocycles. The molecule has 0 saturated carbocycles. The molecule has 1 atom stereocenters. The summed E-state index contributed by atoms with van der Waals surface area (Å²) >= 11 is 0. The molecule has 1 aliphatic heterocycles. The molecule has 0 saturated heterocycles. The molecule has 0 radical (unpaired) electrons. The number of aliphatic carboxylic acids is 2. The standard InChI is InChI=1S/C19H21N7O6/c20-19-25-15-14(17(30)26-19)23-11(8-22-15)7-21-10-3-1-9(2-4-10)16(29)24-12(18(31)32)5-6-13(27)28/h1-4,12,21H,5-8H2,(H,24,29)(H,27,28)(H,31,32)(H4,20,22,25,26,30)/p-2. The minimum absolute atomic E-state index is 0.00742. The quantitative estimate of drug-likeness (QED) is 0.272. The van der Waals surface area contributed by atoms with Gasteiger partial charge in [-0.25, -0.2) is 4.99 Å². The Morgan fingerprint density at radius 2 is 1.91 bits per heavy atom. The highest BCUT2D eigenvalue weighted by Gasteiger charge is 2.17. The second-order valence-electron chi connectivity index (χ2n) is 6.87. The van der Waals surface area contributed by atoms with Crippen LogP contribution in [0.5, 0.6) is 0 Å². The molecule has 3 rings (SSSR count). The molecule has 1 unspecified atom stereocenters. The molecule has 6 N–H and O–H groups in total. The highest BCUT2D eigenvalue weighted by molar-refractivity contribution is 5.98. The van der Waals surface area contributed by atoms with Gasteiger partial charge in [0, 0.05) is 17.2 Å². The number of hydrogen-bond acceptors (Lipinski definition) is 11. The minimum Gasteiger partial charge on any atom is -0.550 e. The first-order valence-electron chi connectivity index (χ1n) is 9.48. The lowest BCUT2D eigenvalue weighted by atomic mass is 10.1. The third-order valence-corrected chi connectivity index (χ3v) is 4.51. The molecule has 2 heterocycles. The number of benzene rings is 1. The van der Waals surface area contributed by atoms with Gasteiger partial charge in [0.15, 0.2) is 11.5 Å². The largest absolute Gasteiger partial charge is 0.550 e. The van der Waals surface area contributed by atoms with E-state index >= 15 is 0 Å². The summed E-state index contributed by atoms with van der Waals surface area (Å²) < 4.78 is 0. The second kappa shape index (κ2) is 9.59. The fourth-order valence-electron chi connectivity index (χ4n) is 2.89. The number of carbonyl (C=O) groups is 3. The van der Waals surface area contributed by atoms with E-state index in [1.54, 1.807) is 12.1 Å². The molecule has 1 aromatic heterocycles. The van der Waals surface area contributed by atoms with Crippen molar-refractivity contribution < 1.29 is 24.6 Å². The van der Waals surface area contributed by atoms with Crippen LogP contribution < -0.4 is 37.5 Å². The molecule has 13 heteroatoms. The van der Waals surface area contributed by atoms with Gasteiger partial charge >= 0.3 is 0 Å². The van der Waals surface area contributed by atoms with Crippen LogP contribution in [0.15, 0.2) is 34.1 Å². The van der Waals surface area contributed by atoms with Crippen LogP contribution in [0.2, 0.25) is 0 Å². The third-order valence-electron chi connectivity index (χ3n) is 4.51. The summed E-state index contributed by atoms with van der Waals surface area (Å²) in [6.45, 7) is 0.657. The summed E-state index contributed by atoms with van der Waals surface area (Å²) in [5.41, 5.74) is 6.64. The number of aromatic amines is 1. The van der Waals surface area contributed by atoms with Gasteiger partial charge in [-0.1, -0.05) is 0 Å². The van der Waals surface area contributed by atoms with E-state index in [0.29, 0.717) is 30.3 Å². The van der Waals surface area contributed by atoms with Crippen LogP contribution in [0.3, 0.4) is 0 Å². The number of hydrogen-bond donors (Lipinski definition) is 5. The van der Waals surface area contributed by atoms with E-state index in [-0.39, 0.29) is 23.6 Å². The molecule has 13 nitrogen and oxygen atoms in total.